The summed E-state index contributed by atoms with van der Waals surface area (Å²) in [5.74, 6) is -1.42. The molecule has 0 N–H and O–H groups in total. The molecule has 0 amide bonds. The van der Waals surface area contributed by atoms with Crippen molar-refractivity contribution in [1.82, 2.24) is 14.5 Å². The van der Waals surface area contributed by atoms with Gasteiger partial charge in [-0.3, -0.25) is 19.3 Å². The van der Waals surface area contributed by atoms with E-state index in [4.69, 9.17) is 9.73 Å². The molecule has 0 bridgehead atoms. The Kier molecular flexibility index (Phi) is 7.15. The molecule has 0 saturated heterocycles. The van der Waals surface area contributed by atoms with Gasteiger partial charge in [-0.25, -0.2) is 9.78 Å². The van der Waals surface area contributed by atoms with E-state index in [1.54, 1.807) is 31.2 Å². The fourth-order valence-electron chi connectivity index (χ4n) is 5.48. The number of halogens is 4. The maximum Gasteiger partial charge on any atom is 0.450 e. The van der Waals surface area contributed by atoms with Gasteiger partial charge in [-0.1, -0.05) is 47.3 Å². The molecule has 11 heteroatoms. The first-order valence-electron chi connectivity index (χ1n) is 12.6. The Morgan fingerprint density at radius 2 is 1.92 bits per heavy atom. The number of ether oxygens (including phenoxy) is 1. The first kappa shape index (κ1) is 26.5. The van der Waals surface area contributed by atoms with Crippen LogP contribution in [0.15, 0.2) is 47.7 Å². The van der Waals surface area contributed by atoms with Gasteiger partial charge in [0.05, 0.1) is 23.7 Å². The third-order valence-corrected chi connectivity index (χ3v) is 8.18. The lowest BCUT2D eigenvalue weighted by molar-refractivity contribution is -0.146. The Bertz CT molecular complexity index is 1390. The Balaban J connectivity index is 1.46. The molecular weight excluding hydrogens is 565 g/mol. The normalized spacial score (nSPS) is 21.0. The van der Waals surface area contributed by atoms with E-state index in [1.807, 2.05) is 0 Å². The summed E-state index contributed by atoms with van der Waals surface area (Å²) in [7, 11) is 0. The van der Waals surface area contributed by atoms with Crippen molar-refractivity contribution < 1.29 is 27.5 Å². The number of hydrogen-bond donors (Lipinski definition) is 0. The minimum Gasteiger partial charge on any atom is -0.464 e. The SMILES string of the molecule is CCOC(=O)[C@H](Cc1ccc(-n2c(C(F)(F)F)nc3cnccc32)cc1)N=C1C(Br)C(=O)C12CCCCC2. The van der Waals surface area contributed by atoms with Crippen molar-refractivity contribution in [1.29, 1.82) is 0 Å². The summed E-state index contributed by atoms with van der Waals surface area (Å²) in [5.41, 5.74) is 1.49. The van der Waals surface area contributed by atoms with E-state index in [0.717, 1.165) is 36.7 Å². The van der Waals surface area contributed by atoms with Crippen molar-refractivity contribution in [3.05, 3.63) is 54.1 Å². The number of nitrogens with zero attached hydrogens (tertiary/aromatic N) is 4. The number of benzene rings is 1. The zero-order valence-electron chi connectivity index (χ0n) is 20.7. The molecule has 2 saturated carbocycles. The average molecular weight is 591 g/mol. The number of hydrogen-bond acceptors (Lipinski definition) is 6. The molecule has 2 atom stereocenters. The van der Waals surface area contributed by atoms with Crippen LogP contribution in [0.4, 0.5) is 13.2 Å². The largest absolute Gasteiger partial charge is 0.464 e. The van der Waals surface area contributed by atoms with Gasteiger partial charge in [-0.05, 0) is 43.5 Å². The summed E-state index contributed by atoms with van der Waals surface area (Å²) < 4.78 is 47.6. The number of aliphatic imine (C=N–C) groups is 1. The van der Waals surface area contributed by atoms with E-state index in [1.165, 1.54) is 18.5 Å². The highest BCUT2D eigenvalue weighted by atomic mass is 79.9. The van der Waals surface area contributed by atoms with Crippen molar-refractivity contribution in [2.45, 2.75) is 62.5 Å². The van der Waals surface area contributed by atoms with E-state index < -0.39 is 34.3 Å². The molecule has 38 heavy (non-hydrogen) atoms. The van der Waals surface area contributed by atoms with Gasteiger partial charge in [0.2, 0.25) is 5.82 Å². The number of pyridine rings is 1. The molecule has 2 aliphatic carbocycles. The van der Waals surface area contributed by atoms with Gasteiger partial charge < -0.3 is 4.74 Å². The minimum atomic E-state index is -4.66. The Morgan fingerprint density at radius 1 is 1.21 bits per heavy atom. The molecule has 1 unspecified atom stereocenters. The van der Waals surface area contributed by atoms with Crippen molar-refractivity contribution in [2.75, 3.05) is 6.61 Å². The van der Waals surface area contributed by atoms with Crippen LogP contribution in [0.3, 0.4) is 0 Å². The number of Topliss-reactive ketones (excluding diaryl/α,β-unsaturated/α-hetero) is 1. The number of rotatable bonds is 6. The summed E-state index contributed by atoms with van der Waals surface area (Å²) in [6, 6.07) is 7.07. The maximum absolute atomic E-state index is 13.8. The highest BCUT2D eigenvalue weighted by Gasteiger charge is 2.58. The Labute approximate surface area is 225 Å². The third-order valence-electron chi connectivity index (χ3n) is 7.33. The van der Waals surface area contributed by atoms with Gasteiger partial charge in [0.1, 0.15) is 10.3 Å². The quantitative estimate of drug-likeness (QED) is 0.273. The van der Waals surface area contributed by atoms with Gasteiger partial charge in [0.25, 0.3) is 0 Å². The minimum absolute atomic E-state index is 0.117. The molecule has 2 fully saturated rings. The molecule has 1 aromatic carbocycles. The molecule has 5 rings (SSSR count). The second-order valence-electron chi connectivity index (χ2n) is 9.66. The van der Waals surface area contributed by atoms with Gasteiger partial charge in [0, 0.05) is 24.0 Å². The first-order valence-corrected chi connectivity index (χ1v) is 13.5. The summed E-state index contributed by atoms with van der Waals surface area (Å²) in [5, 5.41) is 0. The smallest absolute Gasteiger partial charge is 0.450 e. The van der Waals surface area contributed by atoms with Crippen LogP contribution in [0.2, 0.25) is 0 Å². The summed E-state index contributed by atoms with van der Waals surface area (Å²) in [6.07, 6.45) is 2.64. The first-order chi connectivity index (χ1) is 18.2. The number of esters is 1. The van der Waals surface area contributed by atoms with E-state index >= 15 is 0 Å². The van der Waals surface area contributed by atoms with E-state index in [2.05, 4.69) is 25.9 Å². The highest BCUT2D eigenvalue weighted by Crippen LogP contribution is 2.49. The molecule has 0 radical (unpaired) electrons. The molecule has 7 nitrogen and oxygen atoms in total. The number of alkyl halides is 4. The van der Waals surface area contributed by atoms with Crippen LogP contribution in [0.5, 0.6) is 0 Å². The second kappa shape index (κ2) is 10.2. The summed E-state index contributed by atoms with van der Waals surface area (Å²) in [4.78, 5) is 37.5. The van der Waals surface area contributed by atoms with Gasteiger partial charge in [-0.2, -0.15) is 13.2 Å². The summed E-state index contributed by atoms with van der Waals surface area (Å²) >= 11 is 3.44. The van der Waals surface area contributed by atoms with Crippen LogP contribution in [0.1, 0.15) is 50.4 Å². The number of imidazole rings is 1. The molecular formula is C27H26BrF3N4O3. The maximum atomic E-state index is 13.8. The lowest BCUT2D eigenvalue weighted by atomic mass is 9.58. The van der Waals surface area contributed by atoms with E-state index in [9.17, 15) is 22.8 Å². The van der Waals surface area contributed by atoms with Crippen LogP contribution in [0, 0.1) is 5.41 Å². The van der Waals surface area contributed by atoms with Crippen LogP contribution in [-0.2, 0) is 26.9 Å². The molecule has 2 heterocycles. The number of aromatic nitrogens is 3. The van der Waals surface area contributed by atoms with E-state index in [0.29, 0.717) is 11.3 Å². The van der Waals surface area contributed by atoms with Crippen molar-refractivity contribution >= 4 is 44.4 Å². The topological polar surface area (TPSA) is 86.4 Å². The second-order valence-corrected chi connectivity index (χ2v) is 10.6. The standard InChI is InChI=1S/C27H26BrF3N4O3/c1-2-38-24(37)18(33-22-21(28)23(36)26(22)11-4-3-5-12-26)14-16-6-8-17(9-7-16)35-20-10-13-32-15-19(20)34-25(35)27(29,30)31/h6-10,13,15,18,21H,2-5,11-12,14H2,1H3/t18-,21?/m0/s1. The number of carbonyl (C=O) groups excluding carboxylic acids is 2. The van der Waals surface area contributed by atoms with E-state index in [-0.39, 0.29) is 35.5 Å². The third kappa shape index (κ3) is 4.65. The van der Waals surface area contributed by atoms with Crippen LogP contribution >= 0.6 is 15.9 Å². The monoisotopic (exact) mass is 590 g/mol. The van der Waals surface area contributed by atoms with Crippen LogP contribution in [-0.4, -0.2) is 49.5 Å². The van der Waals surface area contributed by atoms with Gasteiger partial charge in [-0.15, -0.1) is 0 Å². The lowest BCUT2D eigenvalue weighted by Crippen LogP contribution is -2.61. The summed E-state index contributed by atoms with van der Waals surface area (Å²) in [6.45, 7) is 1.90. The number of ketones is 1. The molecule has 1 spiro atoms. The van der Waals surface area contributed by atoms with Gasteiger partial charge >= 0.3 is 12.1 Å². The van der Waals surface area contributed by atoms with Crippen molar-refractivity contribution in [3.63, 3.8) is 0 Å². The molecule has 2 aromatic heterocycles. The lowest BCUT2D eigenvalue weighted by Gasteiger charge is -2.47. The highest BCUT2D eigenvalue weighted by molar-refractivity contribution is 9.10. The van der Waals surface area contributed by atoms with Crippen LogP contribution in [0.25, 0.3) is 16.7 Å². The Morgan fingerprint density at radius 3 is 2.58 bits per heavy atom. The fourth-order valence-corrected chi connectivity index (χ4v) is 6.48. The predicted molar refractivity (Wildman–Crippen MR) is 139 cm³/mol. The average Bonchev–Trinajstić information content (AvgIpc) is 3.32. The predicted octanol–water partition coefficient (Wildman–Crippen LogP) is 5.65. The van der Waals surface area contributed by atoms with Crippen molar-refractivity contribution in [2.24, 2.45) is 10.4 Å². The van der Waals surface area contributed by atoms with Crippen molar-refractivity contribution in [3.8, 4) is 5.69 Å². The number of carbonyl (C=O) groups is 2. The molecule has 2 aliphatic rings. The molecule has 0 aliphatic heterocycles. The zero-order valence-corrected chi connectivity index (χ0v) is 22.3. The molecule has 200 valence electrons. The number of fused-ring (bicyclic) bond motifs is 1. The van der Waals surface area contributed by atoms with Crippen LogP contribution < -0.4 is 0 Å². The Hall–Kier alpha value is -3.08. The zero-order chi connectivity index (χ0) is 27.1. The van der Waals surface area contributed by atoms with Gasteiger partial charge in [0.15, 0.2) is 11.8 Å². The fraction of sp³-hybridized carbons (Fsp3) is 0.444. The molecule has 3 aromatic rings.